The lowest BCUT2D eigenvalue weighted by molar-refractivity contribution is 0.402. The van der Waals surface area contributed by atoms with Gasteiger partial charge in [-0.3, -0.25) is 4.79 Å². The van der Waals surface area contributed by atoms with Crippen LogP contribution in [0.3, 0.4) is 0 Å². The van der Waals surface area contributed by atoms with Crippen molar-refractivity contribution in [3.63, 3.8) is 0 Å². The third-order valence-corrected chi connectivity index (χ3v) is 5.10. The molecular weight excluding hydrogens is 390 g/mol. The second kappa shape index (κ2) is 9.34. The summed E-state index contributed by atoms with van der Waals surface area (Å²) in [6.45, 7) is 2.52. The Labute approximate surface area is 181 Å². The van der Waals surface area contributed by atoms with Crippen molar-refractivity contribution in [2.24, 2.45) is 0 Å². The molecule has 6 heteroatoms. The molecule has 0 saturated carbocycles. The Kier molecular flexibility index (Phi) is 6.17. The van der Waals surface area contributed by atoms with E-state index in [2.05, 4.69) is 22.5 Å². The SMILES string of the molecule is COc1cn(Cc2ccccc2)c(Nc2cccc(OC3=CCCC=C3)c2C)nc1=O. The molecule has 1 aromatic heterocycles. The van der Waals surface area contributed by atoms with Crippen LogP contribution in [0.4, 0.5) is 11.6 Å². The van der Waals surface area contributed by atoms with Gasteiger partial charge in [-0.15, -0.1) is 0 Å². The van der Waals surface area contributed by atoms with E-state index in [0.29, 0.717) is 12.5 Å². The Morgan fingerprint density at radius 2 is 1.90 bits per heavy atom. The van der Waals surface area contributed by atoms with E-state index in [1.165, 1.54) is 7.11 Å². The number of hydrogen-bond acceptors (Lipinski definition) is 5. The molecule has 0 aliphatic heterocycles. The first kappa shape index (κ1) is 20.5. The van der Waals surface area contributed by atoms with Gasteiger partial charge in [0.15, 0.2) is 0 Å². The van der Waals surface area contributed by atoms with Gasteiger partial charge < -0.3 is 19.4 Å². The summed E-state index contributed by atoms with van der Waals surface area (Å²) in [6.07, 6.45) is 9.88. The first-order chi connectivity index (χ1) is 15.1. The van der Waals surface area contributed by atoms with Crippen LogP contribution in [-0.2, 0) is 6.54 Å². The predicted molar refractivity (Wildman–Crippen MR) is 122 cm³/mol. The molecule has 1 heterocycles. The number of benzene rings is 2. The quantitative estimate of drug-likeness (QED) is 0.591. The molecule has 1 aliphatic carbocycles. The zero-order valence-corrected chi connectivity index (χ0v) is 17.7. The molecule has 0 spiro atoms. The molecule has 0 radical (unpaired) electrons. The van der Waals surface area contributed by atoms with Gasteiger partial charge in [-0.1, -0.05) is 42.5 Å². The van der Waals surface area contributed by atoms with Gasteiger partial charge in [0, 0.05) is 11.3 Å². The van der Waals surface area contributed by atoms with Gasteiger partial charge in [0.25, 0.3) is 0 Å². The molecule has 4 rings (SSSR count). The maximum absolute atomic E-state index is 12.4. The molecule has 1 aliphatic rings. The van der Waals surface area contributed by atoms with Crippen molar-refractivity contribution in [1.29, 1.82) is 0 Å². The Hall–Kier alpha value is -3.80. The molecule has 0 fully saturated rings. The zero-order chi connectivity index (χ0) is 21.6. The minimum absolute atomic E-state index is 0.200. The summed E-state index contributed by atoms with van der Waals surface area (Å²) >= 11 is 0. The smallest absolute Gasteiger partial charge is 0.316 e. The van der Waals surface area contributed by atoms with Gasteiger partial charge in [-0.05, 0) is 49.6 Å². The molecule has 2 aromatic carbocycles. The molecule has 158 valence electrons. The van der Waals surface area contributed by atoms with Crippen LogP contribution in [0, 0.1) is 6.92 Å². The number of ether oxygens (including phenoxy) is 2. The standard InChI is InChI=1S/C25H25N3O3/c1-18-21(14-9-15-22(18)31-20-12-7-4-8-13-20)26-25-27-24(29)23(30-2)17-28(25)16-19-10-5-3-6-11-19/h3,5-7,9-15,17H,4,8,16H2,1-2H3,(H,26,27,29). The fourth-order valence-electron chi connectivity index (χ4n) is 3.39. The maximum Gasteiger partial charge on any atom is 0.316 e. The lowest BCUT2D eigenvalue weighted by atomic mass is 10.1. The summed E-state index contributed by atoms with van der Waals surface area (Å²) in [5, 5.41) is 3.31. The van der Waals surface area contributed by atoms with Crippen molar-refractivity contribution >= 4 is 11.6 Å². The number of allylic oxidation sites excluding steroid dienone is 3. The summed E-state index contributed by atoms with van der Waals surface area (Å²) in [5.74, 6) is 2.24. The van der Waals surface area contributed by atoms with Gasteiger partial charge in [0.05, 0.1) is 19.9 Å². The summed E-state index contributed by atoms with van der Waals surface area (Å²) in [4.78, 5) is 16.6. The molecule has 0 bridgehead atoms. The van der Waals surface area contributed by atoms with Crippen molar-refractivity contribution in [3.05, 3.63) is 100 Å². The number of methoxy groups -OCH3 is 1. The van der Waals surface area contributed by atoms with Crippen LogP contribution in [0.2, 0.25) is 0 Å². The monoisotopic (exact) mass is 415 g/mol. The van der Waals surface area contributed by atoms with Crippen LogP contribution in [0.25, 0.3) is 0 Å². The van der Waals surface area contributed by atoms with Crippen molar-refractivity contribution in [2.45, 2.75) is 26.3 Å². The lowest BCUT2D eigenvalue weighted by Crippen LogP contribution is -2.19. The number of hydrogen-bond donors (Lipinski definition) is 1. The zero-order valence-electron chi connectivity index (χ0n) is 17.7. The van der Waals surface area contributed by atoms with Crippen LogP contribution in [-0.4, -0.2) is 16.7 Å². The molecule has 6 nitrogen and oxygen atoms in total. The molecular formula is C25H25N3O3. The van der Waals surface area contributed by atoms with Gasteiger partial charge in [0.2, 0.25) is 11.7 Å². The van der Waals surface area contributed by atoms with E-state index in [-0.39, 0.29) is 5.75 Å². The Morgan fingerprint density at radius 3 is 2.65 bits per heavy atom. The number of anilines is 2. The molecule has 1 N–H and O–H groups in total. The van der Waals surface area contributed by atoms with Crippen molar-refractivity contribution in [1.82, 2.24) is 9.55 Å². The molecule has 3 aromatic rings. The average molecular weight is 415 g/mol. The predicted octanol–water partition coefficient (Wildman–Crippen LogP) is 4.96. The second-order valence-electron chi connectivity index (χ2n) is 7.29. The van der Waals surface area contributed by atoms with E-state index in [0.717, 1.165) is 41.2 Å². The Bertz CT molecular complexity index is 1180. The first-order valence-electron chi connectivity index (χ1n) is 10.2. The molecule has 0 unspecified atom stereocenters. The Morgan fingerprint density at radius 1 is 1.06 bits per heavy atom. The second-order valence-corrected chi connectivity index (χ2v) is 7.29. The third-order valence-electron chi connectivity index (χ3n) is 5.10. The van der Waals surface area contributed by atoms with Crippen LogP contribution >= 0.6 is 0 Å². The Balaban J connectivity index is 1.66. The first-order valence-corrected chi connectivity index (χ1v) is 10.2. The highest BCUT2D eigenvalue weighted by Gasteiger charge is 2.13. The van der Waals surface area contributed by atoms with Crippen molar-refractivity contribution < 1.29 is 9.47 Å². The summed E-state index contributed by atoms with van der Waals surface area (Å²) in [7, 11) is 1.47. The highest BCUT2D eigenvalue weighted by atomic mass is 16.5. The third kappa shape index (κ3) is 4.86. The van der Waals surface area contributed by atoms with E-state index in [4.69, 9.17) is 9.47 Å². The number of rotatable bonds is 7. The highest BCUT2D eigenvalue weighted by Crippen LogP contribution is 2.30. The molecule has 0 saturated heterocycles. The average Bonchev–Trinajstić information content (AvgIpc) is 2.79. The number of nitrogens with one attached hydrogen (secondary N) is 1. The van der Waals surface area contributed by atoms with E-state index in [9.17, 15) is 4.79 Å². The number of aromatic nitrogens is 2. The molecule has 0 atom stereocenters. The minimum atomic E-state index is -0.420. The van der Waals surface area contributed by atoms with E-state index in [1.54, 1.807) is 6.20 Å². The van der Waals surface area contributed by atoms with Crippen LogP contribution in [0.15, 0.2) is 83.5 Å². The van der Waals surface area contributed by atoms with Crippen molar-refractivity contribution in [2.75, 3.05) is 12.4 Å². The minimum Gasteiger partial charge on any atom is -0.490 e. The van der Waals surface area contributed by atoms with Gasteiger partial charge >= 0.3 is 5.56 Å². The summed E-state index contributed by atoms with van der Waals surface area (Å²) in [6, 6.07) is 15.8. The highest BCUT2D eigenvalue weighted by molar-refractivity contribution is 5.63. The summed E-state index contributed by atoms with van der Waals surface area (Å²) in [5.41, 5.74) is 2.41. The fourth-order valence-corrected chi connectivity index (χ4v) is 3.39. The van der Waals surface area contributed by atoms with Crippen molar-refractivity contribution in [3.8, 4) is 11.5 Å². The molecule has 0 amide bonds. The summed E-state index contributed by atoms with van der Waals surface area (Å²) < 4.78 is 13.1. The van der Waals surface area contributed by atoms with Crippen LogP contribution in [0.1, 0.15) is 24.0 Å². The van der Waals surface area contributed by atoms with Gasteiger partial charge in [-0.2, -0.15) is 4.98 Å². The lowest BCUT2D eigenvalue weighted by Gasteiger charge is -2.18. The largest absolute Gasteiger partial charge is 0.490 e. The van der Waals surface area contributed by atoms with Gasteiger partial charge in [0.1, 0.15) is 11.5 Å². The fraction of sp³-hybridized carbons (Fsp3) is 0.200. The topological polar surface area (TPSA) is 65.4 Å². The maximum atomic E-state index is 12.4. The van der Waals surface area contributed by atoms with Crippen LogP contribution in [0.5, 0.6) is 11.5 Å². The van der Waals surface area contributed by atoms with E-state index >= 15 is 0 Å². The van der Waals surface area contributed by atoms with Crippen LogP contribution < -0.4 is 20.3 Å². The van der Waals surface area contributed by atoms with Gasteiger partial charge in [-0.25, -0.2) is 0 Å². The van der Waals surface area contributed by atoms with E-state index in [1.807, 2.05) is 66.1 Å². The van der Waals surface area contributed by atoms with E-state index < -0.39 is 5.56 Å². The molecule has 31 heavy (non-hydrogen) atoms. The normalized spacial score (nSPS) is 12.9. The number of nitrogens with zero attached hydrogens (tertiary/aromatic N) is 2.